The summed E-state index contributed by atoms with van der Waals surface area (Å²) in [6, 6.07) is 0. The van der Waals surface area contributed by atoms with Crippen LogP contribution in [0.2, 0.25) is 0 Å². The van der Waals surface area contributed by atoms with Gasteiger partial charge in [-0.1, -0.05) is 338 Å². The van der Waals surface area contributed by atoms with Gasteiger partial charge in [0, 0.05) is 19.3 Å². The lowest BCUT2D eigenvalue weighted by molar-refractivity contribution is -0.167. The van der Waals surface area contributed by atoms with Gasteiger partial charge in [-0.3, -0.25) is 14.4 Å². The number of carbonyl (C=O) groups is 3. The number of esters is 3. The summed E-state index contributed by atoms with van der Waals surface area (Å²) >= 11 is 0. The van der Waals surface area contributed by atoms with Gasteiger partial charge in [-0.2, -0.15) is 0 Å². The number of hydrogen-bond donors (Lipinski definition) is 0. The summed E-state index contributed by atoms with van der Waals surface area (Å²) in [5, 5.41) is 0. The maximum absolute atomic E-state index is 13.0. The zero-order valence-electron chi connectivity index (χ0n) is 54.8. The maximum Gasteiger partial charge on any atom is 0.306 e. The summed E-state index contributed by atoms with van der Waals surface area (Å²) in [7, 11) is 0. The van der Waals surface area contributed by atoms with Gasteiger partial charge in [-0.25, -0.2) is 0 Å². The van der Waals surface area contributed by atoms with Crippen LogP contribution in [0.1, 0.15) is 374 Å². The fraction of sp³-hybridized carbons (Fsp3) is 0.803. The van der Waals surface area contributed by atoms with Crippen LogP contribution in [0.3, 0.4) is 0 Å². The third-order valence-electron chi connectivity index (χ3n) is 15.9. The molecule has 0 aliphatic carbocycles. The Morgan fingerprint density at radius 2 is 0.476 bits per heavy atom. The topological polar surface area (TPSA) is 78.9 Å². The third-order valence-corrected chi connectivity index (χ3v) is 15.9. The van der Waals surface area contributed by atoms with Gasteiger partial charge in [0.15, 0.2) is 6.10 Å². The first kappa shape index (κ1) is 78.8. The largest absolute Gasteiger partial charge is 0.462 e. The SMILES string of the molecule is CC/C=C\C/C=C\C/C=C\C/C=C\C/C=C\CCCCCCCCCCCCCC(=O)OCC(COC(=O)CCCCCCCCC/C=C\CCCCCCCCC)OC(=O)CCCCCCCCCCCCCCCCCCCCC. The number of carbonyl (C=O) groups excluding carboxylic acids is 3. The second-order valence-electron chi connectivity index (χ2n) is 24.1. The van der Waals surface area contributed by atoms with Crippen molar-refractivity contribution >= 4 is 17.9 Å². The Bertz CT molecular complexity index is 1500. The van der Waals surface area contributed by atoms with Crippen molar-refractivity contribution in [3.8, 4) is 0 Å². The predicted molar refractivity (Wildman–Crippen MR) is 358 cm³/mol. The van der Waals surface area contributed by atoms with Gasteiger partial charge in [0.2, 0.25) is 0 Å². The molecule has 6 nitrogen and oxygen atoms in total. The molecule has 0 aromatic heterocycles. The molecule has 0 radical (unpaired) electrons. The average Bonchev–Trinajstić information content (AvgIpc) is 3.47. The normalized spacial score (nSPS) is 12.5. The minimum absolute atomic E-state index is 0.0738. The molecule has 0 amide bonds. The Kier molecular flexibility index (Phi) is 67.6. The molecule has 0 aromatic rings. The Labute approximate surface area is 510 Å². The molecule has 0 heterocycles. The van der Waals surface area contributed by atoms with E-state index in [0.29, 0.717) is 19.3 Å². The Morgan fingerprint density at radius 1 is 0.256 bits per heavy atom. The van der Waals surface area contributed by atoms with Crippen molar-refractivity contribution in [3.63, 3.8) is 0 Å². The summed E-state index contributed by atoms with van der Waals surface area (Å²) in [5.41, 5.74) is 0. The molecular weight excluding hydrogens is 1010 g/mol. The van der Waals surface area contributed by atoms with Crippen LogP contribution in [0.15, 0.2) is 72.9 Å². The van der Waals surface area contributed by atoms with Gasteiger partial charge in [-0.05, 0) is 89.9 Å². The zero-order valence-corrected chi connectivity index (χ0v) is 54.8. The molecule has 1 atom stereocenters. The van der Waals surface area contributed by atoms with E-state index in [1.54, 1.807) is 0 Å². The number of ether oxygens (including phenoxy) is 3. The highest BCUT2D eigenvalue weighted by atomic mass is 16.6. The van der Waals surface area contributed by atoms with Gasteiger partial charge in [0.05, 0.1) is 0 Å². The van der Waals surface area contributed by atoms with Gasteiger partial charge in [-0.15, -0.1) is 0 Å². The Morgan fingerprint density at radius 3 is 0.756 bits per heavy atom. The van der Waals surface area contributed by atoms with Crippen molar-refractivity contribution in [3.05, 3.63) is 72.9 Å². The van der Waals surface area contributed by atoms with Crippen molar-refractivity contribution < 1.29 is 28.6 Å². The predicted octanol–water partition coefficient (Wildman–Crippen LogP) is 24.8. The molecule has 0 aliphatic heterocycles. The maximum atomic E-state index is 13.0. The van der Waals surface area contributed by atoms with E-state index in [1.807, 2.05) is 0 Å². The van der Waals surface area contributed by atoms with E-state index in [4.69, 9.17) is 14.2 Å². The second-order valence-corrected chi connectivity index (χ2v) is 24.1. The summed E-state index contributed by atoms with van der Waals surface area (Å²) in [5.74, 6) is -0.855. The van der Waals surface area contributed by atoms with E-state index in [0.717, 1.165) is 89.9 Å². The van der Waals surface area contributed by atoms with Crippen LogP contribution in [-0.2, 0) is 28.6 Å². The molecule has 0 fully saturated rings. The van der Waals surface area contributed by atoms with Crippen LogP contribution in [-0.4, -0.2) is 37.2 Å². The van der Waals surface area contributed by atoms with E-state index in [2.05, 4.69) is 93.7 Å². The smallest absolute Gasteiger partial charge is 0.306 e. The lowest BCUT2D eigenvalue weighted by Gasteiger charge is -2.18. The van der Waals surface area contributed by atoms with Crippen LogP contribution < -0.4 is 0 Å². The molecule has 476 valence electrons. The first-order chi connectivity index (χ1) is 40.5. The zero-order chi connectivity index (χ0) is 59.2. The molecule has 0 rings (SSSR count). The highest BCUT2D eigenvalue weighted by Gasteiger charge is 2.19. The molecular formula is C76H136O6. The highest BCUT2D eigenvalue weighted by molar-refractivity contribution is 5.71. The van der Waals surface area contributed by atoms with Crippen molar-refractivity contribution in [2.45, 2.75) is 380 Å². The molecule has 0 bridgehead atoms. The minimum atomic E-state index is -0.778. The van der Waals surface area contributed by atoms with Crippen molar-refractivity contribution in [1.82, 2.24) is 0 Å². The van der Waals surface area contributed by atoms with Crippen LogP contribution in [0.25, 0.3) is 0 Å². The second kappa shape index (κ2) is 70.3. The molecule has 0 saturated carbocycles. The molecule has 1 unspecified atom stereocenters. The number of rotatable bonds is 66. The van der Waals surface area contributed by atoms with Gasteiger partial charge >= 0.3 is 17.9 Å². The van der Waals surface area contributed by atoms with Gasteiger partial charge in [0.25, 0.3) is 0 Å². The van der Waals surface area contributed by atoms with E-state index in [-0.39, 0.29) is 31.1 Å². The standard InChI is InChI=1S/C76H136O6/c1-4-7-10-13-16-19-22-25-28-31-34-35-36-37-38-39-40-41-43-45-48-51-54-57-60-63-66-69-75(78)81-72-73(71-80-74(77)68-65-62-59-56-53-50-47-44-33-30-27-24-21-18-15-12-9-6-3)82-76(79)70-67-64-61-58-55-52-49-46-42-32-29-26-23-20-17-14-11-8-5-2/h7,10,16,19,25,28,30,33-35,37-38,73H,4-6,8-9,11-15,17-18,20-24,26-27,29,31-32,36,39-72H2,1-3H3/b10-7-,19-16-,28-25-,33-30-,35-34-,38-37-. The fourth-order valence-electron chi connectivity index (χ4n) is 10.6. The monoisotopic (exact) mass is 1150 g/mol. The van der Waals surface area contributed by atoms with Crippen LogP contribution in [0.5, 0.6) is 0 Å². The van der Waals surface area contributed by atoms with Gasteiger partial charge < -0.3 is 14.2 Å². The Balaban J connectivity index is 4.32. The molecule has 6 heteroatoms. The summed E-state index contributed by atoms with van der Waals surface area (Å²) in [4.78, 5) is 38.5. The van der Waals surface area contributed by atoms with Crippen molar-refractivity contribution in [2.24, 2.45) is 0 Å². The lowest BCUT2D eigenvalue weighted by Crippen LogP contribution is -2.30. The summed E-state index contributed by atoms with van der Waals surface area (Å²) < 4.78 is 17.0. The average molecular weight is 1150 g/mol. The molecule has 0 aromatic carbocycles. The van der Waals surface area contributed by atoms with Crippen LogP contribution in [0.4, 0.5) is 0 Å². The van der Waals surface area contributed by atoms with E-state index < -0.39 is 6.10 Å². The highest BCUT2D eigenvalue weighted by Crippen LogP contribution is 2.18. The van der Waals surface area contributed by atoms with Crippen molar-refractivity contribution in [1.29, 1.82) is 0 Å². The molecule has 0 saturated heterocycles. The first-order valence-corrected chi connectivity index (χ1v) is 35.9. The third kappa shape index (κ3) is 67.6. The van der Waals surface area contributed by atoms with Crippen LogP contribution in [0, 0.1) is 0 Å². The molecule has 82 heavy (non-hydrogen) atoms. The summed E-state index contributed by atoms with van der Waals surface area (Å²) in [6.07, 6.45) is 92.1. The van der Waals surface area contributed by atoms with Crippen LogP contribution >= 0.6 is 0 Å². The number of hydrogen-bond acceptors (Lipinski definition) is 6. The number of allylic oxidation sites excluding steroid dienone is 12. The first-order valence-electron chi connectivity index (χ1n) is 35.9. The van der Waals surface area contributed by atoms with E-state index in [1.165, 1.54) is 244 Å². The Hall–Kier alpha value is -3.15. The lowest BCUT2D eigenvalue weighted by atomic mass is 10.0. The van der Waals surface area contributed by atoms with Gasteiger partial charge in [0.1, 0.15) is 13.2 Å². The molecule has 0 N–H and O–H groups in total. The number of unbranched alkanes of at least 4 members (excludes halogenated alkanes) is 43. The van der Waals surface area contributed by atoms with E-state index in [9.17, 15) is 14.4 Å². The quantitative estimate of drug-likeness (QED) is 0.0261. The molecule has 0 aliphatic rings. The van der Waals surface area contributed by atoms with E-state index >= 15 is 0 Å². The van der Waals surface area contributed by atoms with Crippen molar-refractivity contribution in [2.75, 3.05) is 13.2 Å². The fourth-order valence-corrected chi connectivity index (χ4v) is 10.6. The molecule has 0 spiro atoms. The summed E-state index contributed by atoms with van der Waals surface area (Å²) in [6.45, 7) is 6.59. The minimum Gasteiger partial charge on any atom is -0.462 e.